The van der Waals surface area contributed by atoms with Gasteiger partial charge in [0.1, 0.15) is 5.60 Å². The molecule has 0 aromatic heterocycles. The molecule has 5 heteroatoms. The molecule has 0 aromatic rings. The highest BCUT2D eigenvalue weighted by Crippen LogP contribution is 2.42. The lowest BCUT2D eigenvalue weighted by molar-refractivity contribution is 0.0477. The lowest BCUT2D eigenvalue weighted by atomic mass is 9.91. The fourth-order valence-corrected chi connectivity index (χ4v) is 2.47. The Balaban J connectivity index is 1.89. The number of carbonyl (C=O) groups excluding carboxylic acids is 1. The maximum atomic E-state index is 11.8. The molecule has 2 rings (SSSR count). The van der Waals surface area contributed by atoms with E-state index in [9.17, 15) is 4.79 Å². The highest BCUT2D eigenvalue weighted by atomic mass is 16.6. The molecule has 2 unspecified atom stereocenters. The van der Waals surface area contributed by atoms with Crippen molar-refractivity contribution in [2.45, 2.75) is 57.2 Å². The molecule has 0 bridgehead atoms. The lowest BCUT2D eigenvalue weighted by Crippen LogP contribution is -2.54. The molecule has 2 aliphatic rings. The van der Waals surface area contributed by atoms with Gasteiger partial charge in [0, 0.05) is 18.6 Å². The molecule has 1 heterocycles. The summed E-state index contributed by atoms with van der Waals surface area (Å²) in [5.74, 6) is 0.349. The molecule has 1 amide bonds. The summed E-state index contributed by atoms with van der Waals surface area (Å²) < 4.78 is 10.7. The molecule has 3 N–H and O–H groups in total. The van der Waals surface area contributed by atoms with Gasteiger partial charge in [-0.1, -0.05) is 0 Å². The van der Waals surface area contributed by atoms with E-state index in [2.05, 4.69) is 5.32 Å². The van der Waals surface area contributed by atoms with Crippen molar-refractivity contribution in [3.8, 4) is 0 Å². The fourth-order valence-electron chi connectivity index (χ4n) is 2.47. The van der Waals surface area contributed by atoms with Crippen LogP contribution < -0.4 is 11.1 Å². The van der Waals surface area contributed by atoms with Crippen LogP contribution in [-0.2, 0) is 9.47 Å². The predicted octanol–water partition coefficient (Wildman–Crippen LogP) is 1.41. The minimum Gasteiger partial charge on any atom is -0.444 e. The molecular formula is C13H24N2O3. The van der Waals surface area contributed by atoms with Gasteiger partial charge in [-0.2, -0.15) is 0 Å². The van der Waals surface area contributed by atoms with Crippen molar-refractivity contribution >= 4 is 6.09 Å². The van der Waals surface area contributed by atoms with Crippen molar-refractivity contribution in [3.05, 3.63) is 0 Å². The number of rotatable bonds is 3. The molecule has 18 heavy (non-hydrogen) atoms. The number of hydrogen-bond acceptors (Lipinski definition) is 4. The van der Waals surface area contributed by atoms with Gasteiger partial charge in [0.25, 0.3) is 0 Å². The van der Waals surface area contributed by atoms with Crippen LogP contribution in [0.5, 0.6) is 0 Å². The van der Waals surface area contributed by atoms with Gasteiger partial charge in [0.05, 0.1) is 12.1 Å². The van der Waals surface area contributed by atoms with E-state index in [0.717, 1.165) is 25.9 Å². The first kappa shape index (κ1) is 13.6. The molecule has 2 atom stereocenters. The molecule has 104 valence electrons. The van der Waals surface area contributed by atoms with Crippen molar-refractivity contribution < 1.29 is 14.3 Å². The Labute approximate surface area is 108 Å². The topological polar surface area (TPSA) is 73.6 Å². The van der Waals surface area contributed by atoms with Crippen LogP contribution in [-0.4, -0.2) is 36.5 Å². The van der Waals surface area contributed by atoms with E-state index in [-0.39, 0.29) is 17.7 Å². The zero-order valence-corrected chi connectivity index (χ0v) is 11.5. The molecule has 0 aromatic carbocycles. The summed E-state index contributed by atoms with van der Waals surface area (Å²) in [4.78, 5) is 11.8. The van der Waals surface area contributed by atoms with E-state index in [1.54, 1.807) is 0 Å². The maximum absolute atomic E-state index is 11.8. The third-order valence-corrected chi connectivity index (χ3v) is 3.65. The van der Waals surface area contributed by atoms with E-state index in [1.165, 1.54) is 0 Å². The third-order valence-electron chi connectivity index (χ3n) is 3.65. The predicted molar refractivity (Wildman–Crippen MR) is 68.2 cm³/mol. The van der Waals surface area contributed by atoms with Crippen LogP contribution >= 0.6 is 0 Å². The van der Waals surface area contributed by atoms with Gasteiger partial charge < -0.3 is 20.5 Å². The summed E-state index contributed by atoms with van der Waals surface area (Å²) in [7, 11) is 0. The van der Waals surface area contributed by atoms with Crippen LogP contribution in [0.2, 0.25) is 0 Å². The van der Waals surface area contributed by atoms with E-state index in [0.29, 0.717) is 12.5 Å². The zero-order valence-electron chi connectivity index (χ0n) is 11.5. The van der Waals surface area contributed by atoms with Gasteiger partial charge in [-0.25, -0.2) is 4.79 Å². The van der Waals surface area contributed by atoms with E-state index in [1.807, 2.05) is 20.8 Å². The number of carbonyl (C=O) groups is 1. The fraction of sp³-hybridized carbons (Fsp3) is 0.923. The molecule has 1 aliphatic heterocycles. The Morgan fingerprint density at radius 1 is 1.50 bits per heavy atom. The molecule has 0 spiro atoms. The number of alkyl carbamates (subject to hydrolysis) is 1. The van der Waals surface area contributed by atoms with Gasteiger partial charge in [-0.05, 0) is 40.0 Å². The smallest absolute Gasteiger partial charge is 0.408 e. The molecular weight excluding hydrogens is 232 g/mol. The first-order valence-electron chi connectivity index (χ1n) is 6.67. The standard InChI is InChI=1S/C13H24N2O3/c1-12(2,3)18-11(16)15-13(5-6-13)10(14)9-4-7-17-8-9/h9-10H,4-8,14H2,1-3H3,(H,15,16). The second-order valence-electron chi connectivity index (χ2n) is 6.43. The Hall–Kier alpha value is -0.810. The molecule has 1 aliphatic carbocycles. The number of ether oxygens (including phenoxy) is 2. The number of nitrogens with two attached hydrogens (primary N) is 1. The van der Waals surface area contributed by atoms with E-state index < -0.39 is 5.60 Å². The van der Waals surface area contributed by atoms with E-state index >= 15 is 0 Å². The first-order valence-corrected chi connectivity index (χ1v) is 6.67. The number of hydrogen-bond donors (Lipinski definition) is 2. The monoisotopic (exact) mass is 256 g/mol. The summed E-state index contributed by atoms with van der Waals surface area (Å²) in [6, 6.07) is -0.0347. The lowest BCUT2D eigenvalue weighted by Gasteiger charge is -2.30. The summed E-state index contributed by atoms with van der Waals surface area (Å²) in [5, 5.41) is 2.96. The molecule has 1 saturated carbocycles. The van der Waals surface area contributed by atoms with Gasteiger partial charge in [-0.3, -0.25) is 0 Å². The quantitative estimate of drug-likeness (QED) is 0.800. The highest BCUT2D eigenvalue weighted by molar-refractivity contribution is 5.69. The Kier molecular flexibility index (Phi) is 3.56. The summed E-state index contributed by atoms with van der Waals surface area (Å²) >= 11 is 0. The second-order valence-corrected chi connectivity index (χ2v) is 6.43. The van der Waals surface area contributed by atoms with Crippen molar-refractivity contribution in [3.63, 3.8) is 0 Å². The minimum atomic E-state index is -0.471. The highest BCUT2D eigenvalue weighted by Gasteiger charge is 2.52. The summed E-state index contributed by atoms with van der Waals surface area (Å²) in [6.07, 6.45) is 2.49. The summed E-state index contributed by atoms with van der Waals surface area (Å²) in [5.41, 5.74) is 5.55. The Morgan fingerprint density at radius 2 is 2.17 bits per heavy atom. The largest absolute Gasteiger partial charge is 0.444 e. The summed E-state index contributed by atoms with van der Waals surface area (Å²) in [6.45, 7) is 7.06. The van der Waals surface area contributed by atoms with Crippen LogP contribution in [0.25, 0.3) is 0 Å². The van der Waals surface area contributed by atoms with Crippen LogP contribution in [0.1, 0.15) is 40.0 Å². The van der Waals surface area contributed by atoms with Crippen molar-refractivity contribution in [2.75, 3.05) is 13.2 Å². The van der Waals surface area contributed by atoms with Crippen LogP contribution in [0.15, 0.2) is 0 Å². The molecule has 5 nitrogen and oxygen atoms in total. The van der Waals surface area contributed by atoms with Crippen LogP contribution in [0.4, 0.5) is 4.79 Å². The Bertz CT molecular complexity index is 315. The molecule has 0 radical (unpaired) electrons. The maximum Gasteiger partial charge on any atom is 0.408 e. The van der Waals surface area contributed by atoms with Gasteiger partial charge >= 0.3 is 6.09 Å². The molecule has 1 saturated heterocycles. The van der Waals surface area contributed by atoms with Crippen molar-refractivity contribution in [2.24, 2.45) is 11.7 Å². The van der Waals surface area contributed by atoms with E-state index in [4.69, 9.17) is 15.2 Å². The third kappa shape index (κ3) is 3.14. The van der Waals surface area contributed by atoms with Gasteiger partial charge in [0.15, 0.2) is 0 Å². The zero-order chi connectivity index (χ0) is 13.4. The average molecular weight is 256 g/mol. The van der Waals surface area contributed by atoms with Gasteiger partial charge in [-0.15, -0.1) is 0 Å². The SMILES string of the molecule is CC(C)(C)OC(=O)NC1(C(N)C2CCOC2)CC1. The average Bonchev–Trinajstić information content (AvgIpc) is 2.79. The number of amides is 1. The minimum absolute atomic E-state index is 0.0347. The van der Waals surface area contributed by atoms with Crippen molar-refractivity contribution in [1.29, 1.82) is 0 Å². The van der Waals surface area contributed by atoms with Crippen LogP contribution in [0, 0.1) is 5.92 Å². The van der Waals surface area contributed by atoms with Gasteiger partial charge in [0.2, 0.25) is 0 Å². The second kappa shape index (κ2) is 4.70. The normalized spacial score (nSPS) is 27.7. The number of nitrogens with one attached hydrogen (secondary N) is 1. The Morgan fingerprint density at radius 3 is 2.61 bits per heavy atom. The van der Waals surface area contributed by atoms with Crippen molar-refractivity contribution in [1.82, 2.24) is 5.32 Å². The molecule has 2 fully saturated rings. The first-order chi connectivity index (χ1) is 8.32. The van der Waals surface area contributed by atoms with Crippen LogP contribution in [0.3, 0.4) is 0 Å².